The zero-order valence-corrected chi connectivity index (χ0v) is 21.6. The topological polar surface area (TPSA) is 35.9 Å². The smallest absolute Gasteiger partial charge is 0.122 e. The third-order valence-electron chi connectivity index (χ3n) is 8.82. The molecule has 0 amide bonds. The first kappa shape index (κ1) is 25.5. The minimum Gasteiger partial charge on any atom is -0.392 e. The van der Waals surface area contributed by atoms with Gasteiger partial charge in [0.15, 0.2) is 0 Å². The van der Waals surface area contributed by atoms with Crippen LogP contribution in [0.3, 0.4) is 0 Å². The molecule has 0 aromatic carbocycles. The van der Waals surface area contributed by atoms with E-state index in [2.05, 4.69) is 51.5 Å². The van der Waals surface area contributed by atoms with Gasteiger partial charge in [0, 0.05) is 24.2 Å². The van der Waals surface area contributed by atoms with Gasteiger partial charge in [-0.25, -0.2) is 0 Å². The molecule has 0 aromatic rings. The van der Waals surface area contributed by atoms with Crippen molar-refractivity contribution in [2.45, 2.75) is 153 Å². The molecule has 2 saturated heterocycles. The molecule has 31 heavy (non-hydrogen) atoms. The maximum absolute atomic E-state index is 10.7. The zero-order chi connectivity index (χ0) is 22.8. The minimum absolute atomic E-state index is 0.105. The molecule has 2 heterocycles. The van der Waals surface area contributed by atoms with Gasteiger partial charge in [-0.1, -0.05) is 51.9 Å². The molecule has 182 valence electrons. The summed E-state index contributed by atoms with van der Waals surface area (Å²) in [6, 6.07) is 0. The summed E-state index contributed by atoms with van der Waals surface area (Å²) in [4.78, 5) is 5.16. The van der Waals surface area contributed by atoms with Crippen molar-refractivity contribution in [2.75, 3.05) is 20.1 Å². The monoisotopic (exact) mass is 436 g/mol. The molecule has 2 spiro atoms. The highest BCUT2D eigenvalue weighted by molar-refractivity contribution is 5.11. The van der Waals surface area contributed by atoms with E-state index in [0.717, 1.165) is 45.2 Å². The van der Waals surface area contributed by atoms with E-state index < -0.39 is 0 Å². The Morgan fingerprint density at radius 1 is 0.806 bits per heavy atom. The molecular weight excluding hydrogens is 384 g/mol. The van der Waals surface area contributed by atoms with Crippen LogP contribution in [0.15, 0.2) is 0 Å². The van der Waals surface area contributed by atoms with Crippen LogP contribution in [0.1, 0.15) is 125 Å². The van der Waals surface area contributed by atoms with Crippen molar-refractivity contribution < 1.29 is 9.84 Å². The molecule has 1 unspecified atom stereocenters. The molecule has 1 atom stereocenters. The van der Waals surface area contributed by atoms with Crippen molar-refractivity contribution in [2.24, 2.45) is 0 Å². The summed E-state index contributed by atoms with van der Waals surface area (Å²) in [5.41, 5.74) is -0.0805. The van der Waals surface area contributed by atoms with E-state index in [1.807, 2.05) is 0 Å². The van der Waals surface area contributed by atoms with Gasteiger partial charge in [-0.3, -0.25) is 9.80 Å². The lowest BCUT2D eigenvalue weighted by atomic mass is 9.71. The van der Waals surface area contributed by atoms with E-state index in [9.17, 15) is 5.11 Å². The molecule has 0 aromatic heterocycles. The Balaban J connectivity index is 1.89. The summed E-state index contributed by atoms with van der Waals surface area (Å²) in [6.07, 6.45) is 17.0. The summed E-state index contributed by atoms with van der Waals surface area (Å²) in [7, 11) is 2.28. The molecule has 0 radical (unpaired) electrons. The number of aliphatic hydroxyl groups excluding tert-OH is 1. The van der Waals surface area contributed by atoms with E-state index in [0.29, 0.717) is 0 Å². The Kier molecular flexibility index (Phi) is 8.21. The number of β-amino-alcohol motifs (C(OH)–C–C–N with tert-alkyl or cyclic N) is 1. The Labute approximate surface area is 193 Å². The van der Waals surface area contributed by atoms with Crippen LogP contribution in [-0.2, 0) is 4.74 Å². The fourth-order valence-electron chi connectivity index (χ4n) is 7.07. The number of likely N-dealkylation sites (tertiary alicyclic amines) is 1. The van der Waals surface area contributed by atoms with Crippen LogP contribution in [0, 0.1) is 0 Å². The van der Waals surface area contributed by atoms with Crippen LogP contribution in [0.4, 0.5) is 0 Å². The van der Waals surface area contributed by atoms with Gasteiger partial charge in [-0.15, -0.1) is 0 Å². The molecule has 3 rings (SSSR count). The second-order valence-electron chi connectivity index (χ2n) is 12.4. The van der Waals surface area contributed by atoms with E-state index in [4.69, 9.17) is 4.74 Å². The number of hydrogen-bond donors (Lipinski definition) is 1. The van der Waals surface area contributed by atoms with E-state index in [-0.39, 0.29) is 28.5 Å². The van der Waals surface area contributed by atoms with Gasteiger partial charge in [0.1, 0.15) is 5.72 Å². The molecule has 4 heteroatoms. The Morgan fingerprint density at radius 3 is 1.71 bits per heavy atom. The highest BCUT2D eigenvalue weighted by Crippen LogP contribution is 2.52. The van der Waals surface area contributed by atoms with E-state index in [1.54, 1.807) is 0 Å². The predicted molar refractivity (Wildman–Crippen MR) is 130 cm³/mol. The summed E-state index contributed by atoms with van der Waals surface area (Å²) >= 11 is 0. The zero-order valence-electron chi connectivity index (χ0n) is 21.6. The molecule has 2 aliphatic heterocycles. The van der Waals surface area contributed by atoms with Crippen molar-refractivity contribution in [1.29, 1.82) is 0 Å². The normalized spacial score (nSPS) is 30.7. The average Bonchev–Trinajstić information content (AvgIpc) is 2.94. The molecule has 1 aliphatic carbocycles. The number of hydrogen-bond acceptors (Lipinski definition) is 4. The second kappa shape index (κ2) is 9.99. The number of rotatable bonds is 3. The lowest BCUT2D eigenvalue weighted by Gasteiger charge is -2.57. The van der Waals surface area contributed by atoms with Crippen molar-refractivity contribution >= 4 is 0 Å². The predicted octanol–water partition coefficient (Wildman–Crippen LogP) is 6.11. The van der Waals surface area contributed by atoms with Gasteiger partial charge in [0.2, 0.25) is 0 Å². The molecule has 4 nitrogen and oxygen atoms in total. The summed E-state index contributed by atoms with van der Waals surface area (Å²) in [5, 5.41) is 10.7. The number of piperidine rings is 1. The van der Waals surface area contributed by atoms with Gasteiger partial charge >= 0.3 is 0 Å². The minimum atomic E-state index is -0.260. The van der Waals surface area contributed by atoms with Crippen molar-refractivity contribution in [1.82, 2.24) is 9.80 Å². The largest absolute Gasteiger partial charge is 0.392 e. The quantitative estimate of drug-likeness (QED) is 0.579. The third-order valence-corrected chi connectivity index (χ3v) is 8.82. The SMILES string of the molecule is CCC(O)CN1CC2(CC(C)(C)N(C)C(C)(C)C2)OC12CCCCCCCCCCC2. The van der Waals surface area contributed by atoms with Gasteiger partial charge in [-0.05, 0) is 79.7 Å². The van der Waals surface area contributed by atoms with Crippen LogP contribution in [0.25, 0.3) is 0 Å². The first-order valence-electron chi connectivity index (χ1n) is 13.4. The van der Waals surface area contributed by atoms with Gasteiger partial charge in [0.05, 0.1) is 11.7 Å². The first-order chi connectivity index (χ1) is 14.5. The average molecular weight is 437 g/mol. The van der Waals surface area contributed by atoms with Crippen LogP contribution in [0.5, 0.6) is 0 Å². The Hall–Kier alpha value is -0.160. The summed E-state index contributed by atoms with van der Waals surface area (Å²) in [6.45, 7) is 13.4. The molecule has 3 aliphatic rings. The lowest BCUT2D eigenvalue weighted by molar-refractivity contribution is -0.197. The highest BCUT2D eigenvalue weighted by Gasteiger charge is 2.60. The van der Waals surface area contributed by atoms with Crippen molar-refractivity contribution in [3.05, 3.63) is 0 Å². The fourth-order valence-corrected chi connectivity index (χ4v) is 7.07. The Morgan fingerprint density at radius 2 is 1.26 bits per heavy atom. The van der Waals surface area contributed by atoms with Crippen LogP contribution >= 0.6 is 0 Å². The van der Waals surface area contributed by atoms with Gasteiger partial charge in [0.25, 0.3) is 0 Å². The first-order valence-corrected chi connectivity index (χ1v) is 13.4. The van der Waals surface area contributed by atoms with Crippen LogP contribution in [0.2, 0.25) is 0 Å². The third kappa shape index (κ3) is 5.86. The summed E-state index contributed by atoms with van der Waals surface area (Å²) in [5.74, 6) is 0. The van der Waals surface area contributed by atoms with E-state index in [1.165, 1.54) is 57.8 Å². The molecule has 0 bridgehead atoms. The lowest BCUT2D eigenvalue weighted by Crippen LogP contribution is -2.65. The molecular formula is C27H52N2O2. The second-order valence-corrected chi connectivity index (χ2v) is 12.4. The van der Waals surface area contributed by atoms with Crippen molar-refractivity contribution in [3.8, 4) is 0 Å². The van der Waals surface area contributed by atoms with Crippen LogP contribution in [-0.4, -0.2) is 63.6 Å². The molecule has 3 fully saturated rings. The van der Waals surface area contributed by atoms with Gasteiger partial charge < -0.3 is 9.84 Å². The number of nitrogens with zero attached hydrogens (tertiary/aromatic N) is 2. The number of aliphatic hydroxyl groups is 1. The molecule has 1 N–H and O–H groups in total. The maximum Gasteiger partial charge on any atom is 0.122 e. The highest BCUT2D eigenvalue weighted by atomic mass is 16.6. The standard InChI is InChI=1S/C27H52N2O2/c1-7-23(30)19-29-22-26(20-24(2,3)28(6)25(4,5)21-26)31-27(29)17-15-13-11-9-8-10-12-14-16-18-27/h23,30H,7-22H2,1-6H3. The van der Waals surface area contributed by atoms with Gasteiger partial charge in [-0.2, -0.15) is 0 Å². The maximum atomic E-state index is 10.7. The van der Waals surface area contributed by atoms with E-state index >= 15 is 0 Å². The Bertz CT molecular complexity index is 544. The van der Waals surface area contributed by atoms with Crippen molar-refractivity contribution in [3.63, 3.8) is 0 Å². The number of ether oxygens (including phenoxy) is 1. The fraction of sp³-hybridized carbons (Fsp3) is 1.00. The molecule has 1 saturated carbocycles. The van der Waals surface area contributed by atoms with Crippen LogP contribution < -0.4 is 0 Å². The summed E-state index contributed by atoms with van der Waals surface area (Å²) < 4.78 is 7.39.